The summed E-state index contributed by atoms with van der Waals surface area (Å²) in [6, 6.07) is 0. The second-order valence-corrected chi connectivity index (χ2v) is 1.09. The van der Waals surface area contributed by atoms with Crippen molar-refractivity contribution in [3.05, 3.63) is 0 Å². The fraction of sp³-hybridized carbons (Fsp3) is 0.500. The first-order valence-corrected chi connectivity index (χ1v) is 2.02. The number of hydrogen-bond donors (Lipinski definition) is 0. The zero-order chi connectivity index (χ0) is 6.41. The van der Waals surface area contributed by atoms with E-state index in [4.69, 9.17) is 0 Å². The number of hydrogen-bond acceptors (Lipinski definition) is 3. The third kappa shape index (κ3) is 4.94. The van der Waals surface area contributed by atoms with E-state index in [9.17, 15) is 14.7 Å². The normalized spacial score (nSPS) is 8.00. The molecule has 0 heterocycles. The highest BCUT2D eigenvalue weighted by molar-refractivity contribution is 5.66. The van der Waals surface area contributed by atoms with E-state index in [1.165, 1.54) is 0 Å². The van der Waals surface area contributed by atoms with E-state index in [0.29, 0.717) is 0 Å². The summed E-state index contributed by atoms with van der Waals surface area (Å²) >= 11 is 0. The van der Waals surface area contributed by atoms with Crippen molar-refractivity contribution in [2.75, 3.05) is 6.61 Å². The van der Waals surface area contributed by atoms with Crippen molar-refractivity contribution in [1.82, 2.24) is 0 Å². The Morgan fingerprint density at radius 2 is 2.25 bits per heavy atom. The predicted molar refractivity (Wildman–Crippen MR) is 22.3 cm³/mol. The van der Waals surface area contributed by atoms with Crippen LogP contribution in [-0.2, 0) is 19.4 Å². The lowest BCUT2D eigenvalue weighted by atomic mass is 10.5. The molecule has 4 nitrogen and oxygen atoms in total. The average molecular weight is 117 g/mol. The van der Waals surface area contributed by atoms with Crippen LogP contribution in [0.15, 0.2) is 0 Å². The molecule has 0 saturated heterocycles. The zero-order valence-electron chi connectivity index (χ0n) is 4.12. The van der Waals surface area contributed by atoms with Gasteiger partial charge in [-0.2, -0.15) is 0 Å². The molecule has 0 aliphatic heterocycles. The third-order valence-corrected chi connectivity index (χ3v) is 0.492. The SMILES string of the molecule is [O]C(=O)CCOC=O. The Kier molecular flexibility index (Phi) is 3.56. The van der Waals surface area contributed by atoms with Crippen LogP contribution < -0.4 is 0 Å². The summed E-state index contributed by atoms with van der Waals surface area (Å²) in [6.45, 7) is 0.0920. The second kappa shape index (κ2) is 4.11. The maximum atomic E-state index is 9.57. The van der Waals surface area contributed by atoms with Crippen molar-refractivity contribution in [3.63, 3.8) is 0 Å². The molecule has 0 aromatic heterocycles. The van der Waals surface area contributed by atoms with Gasteiger partial charge in [-0.15, -0.1) is 0 Å². The minimum Gasteiger partial charge on any atom is -0.467 e. The van der Waals surface area contributed by atoms with E-state index in [-0.39, 0.29) is 19.5 Å². The van der Waals surface area contributed by atoms with Crippen molar-refractivity contribution in [1.29, 1.82) is 0 Å². The first-order valence-electron chi connectivity index (χ1n) is 2.02. The Bertz CT molecular complexity index is 88.0. The van der Waals surface area contributed by atoms with Crippen LogP contribution in [0.2, 0.25) is 0 Å². The highest BCUT2D eigenvalue weighted by Gasteiger charge is 1.96. The van der Waals surface area contributed by atoms with Gasteiger partial charge < -0.3 is 4.74 Å². The molecule has 0 aliphatic carbocycles. The van der Waals surface area contributed by atoms with Crippen molar-refractivity contribution in [3.8, 4) is 0 Å². The second-order valence-electron chi connectivity index (χ2n) is 1.09. The van der Waals surface area contributed by atoms with Gasteiger partial charge in [0.05, 0.1) is 6.42 Å². The predicted octanol–water partition coefficient (Wildman–Crippen LogP) is -0.493. The highest BCUT2D eigenvalue weighted by Crippen LogP contribution is 1.78. The quantitative estimate of drug-likeness (QED) is 0.368. The molecule has 0 fully saturated rings. The monoisotopic (exact) mass is 117 g/mol. The molecule has 0 aliphatic rings. The van der Waals surface area contributed by atoms with E-state index in [1.54, 1.807) is 0 Å². The molecule has 0 atom stereocenters. The summed E-state index contributed by atoms with van der Waals surface area (Å²) in [4.78, 5) is 18.9. The van der Waals surface area contributed by atoms with Crippen molar-refractivity contribution in [2.24, 2.45) is 0 Å². The lowest BCUT2D eigenvalue weighted by Gasteiger charge is -1.88. The maximum Gasteiger partial charge on any atom is 0.359 e. The van der Waals surface area contributed by atoms with Crippen molar-refractivity contribution < 1.29 is 19.4 Å². The van der Waals surface area contributed by atoms with Crippen LogP contribution in [0.3, 0.4) is 0 Å². The van der Waals surface area contributed by atoms with Gasteiger partial charge in [-0.25, -0.2) is 9.90 Å². The van der Waals surface area contributed by atoms with Gasteiger partial charge in [-0.1, -0.05) is 0 Å². The van der Waals surface area contributed by atoms with Crippen LogP contribution in [0.5, 0.6) is 0 Å². The van der Waals surface area contributed by atoms with Gasteiger partial charge in [0.15, 0.2) is 0 Å². The third-order valence-electron chi connectivity index (χ3n) is 0.492. The highest BCUT2D eigenvalue weighted by atomic mass is 16.5. The summed E-state index contributed by atoms with van der Waals surface area (Å²) in [6.07, 6.45) is -0.237. The fourth-order valence-electron chi connectivity index (χ4n) is 0.190. The average Bonchev–Trinajstić information content (AvgIpc) is 1.66. The van der Waals surface area contributed by atoms with Gasteiger partial charge in [0, 0.05) is 0 Å². The number of carbonyl (C=O) groups excluding carboxylic acids is 2. The van der Waals surface area contributed by atoms with E-state index in [2.05, 4.69) is 4.74 Å². The summed E-state index contributed by atoms with van der Waals surface area (Å²) in [5.41, 5.74) is 0. The van der Waals surface area contributed by atoms with E-state index < -0.39 is 5.97 Å². The fourth-order valence-corrected chi connectivity index (χ4v) is 0.190. The van der Waals surface area contributed by atoms with Gasteiger partial charge in [0.1, 0.15) is 6.61 Å². The molecule has 0 aromatic rings. The standard InChI is InChI=1S/C4H5O4/c5-3-8-2-1-4(6)7/h3H,1-2H2. The van der Waals surface area contributed by atoms with Gasteiger partial charge in [0.25, 0.3) is 6.47 Å². The zero-order valence-corrected chi connectivity index (χ0v) is 4.12. The van der Waals surface area contributed by atoms with Crippen LogP contribution in [0, 0.1) is 0 Å². The van der Waals surface area contributed by atoms with Crippen LogP contribution in [0.4, 0.5) is 0 Å². The smallest absolute Gasteiger partial charge is 0.359 e. The van der Waals surface area contributed by atoms with Crippen LogP contribution in [-0.4, -0.2) is 19.0 Å². The van der Waals surface area contributed by atoms with Gasteiger partial charge in [0.2, 0.25) is 0 Å². The Balaban J connectivity index is 2.93. The molecule has 0 N–H and O–H groups in total. The molecule has 4 heteroatoms. The molecule has 0 aromatic carbocycles. The molecule has 0 bridgehead atoms. The minimum atomic E-state index is -1.22. The molecule has 8 heavy (non-hydrogen) atoms. The summed E-state index contributed by atoms with van der Waals surface area (Å²) in [5, 5.41) is 9.57. The Morgan fingerprint density at radius 3 is 2.62 bits per heavy atom. The first-order chi connectivity index (χ1) is 3.77. The first kappa shape index (κ1) is 6.94. The van der Waals surface area contributed by atoms with Gasteiger partial charge in [-0.3, -0.25) is 4.79 Å². The Hall–Kier alpha value is -1.06. The summed E-state index contributed by atoms with van der Waals surface area (Å²) < 4.78 is 4.04. The number of ether oxygens (including phenoxy) is 1. The molecule has 0 unspecified atom stereocenters. The molecule has 0 amide bonds. The van der Waals surface area contributed by atoms with Gasteiger partial charge >= 0.3 is 5.97 Å². The summed E-state index contributed by atoms with van der Waals surface area (Å²) in [5.74, 6) is -1.22. The lowest BCUT2D eigenvalue weighted by molar-refractivity contribution is -0.145. The topological polar surface area (TPSA) is 63.3 Å². The maximum absolute atomic E-state index is 9.57. The van der Waals surface area contributed by atoms with Crippen molar-refractivity contribution >= 4 is 12.4 Å². The molecule has 0 rings (SSSR count). The Labute approximate surface area is 46.1 Å². The van der Waals surface area contributed by atoms with E-state index in [1.807, 2.05) is 0 Å². The number of rotatable bonds is 4. The van der Waals surface area contributed by atoms with E-state index in [0.717, 1.165) is 0 Å². The van der Waals surface area contributed by atoms with Crippen LogP contribution >= 0.6 is 0 Å². The van der Waals surface area contributed by atoms with Crippen LogP contribution in [0.1, 0.15) is 6.42 Å². The molecular formula is C4H5O4. The Morgan fingerprint density at radius 1 is 1.62 bits per heavy atom. The van der Waals surface area contributed by atoms with E-state index >= 15 is 0 Å². The molecule has 45 valence electrons. The molecule has 1 radical (unpaired) electrons. The minimum absolute atomic E-state index is 0.105. The van der Waals surface area contributed by atoms with Crippen LogP contribution in [0.25, 0.3) is 0 Å². The molecular weight excluding hydrogens is 112 g/mol. The number of carbonyl (C=O) groups is 2. The van der Waals surface area contributed by atoms with Crippen molar-refractivity contribution in [2.45, 2.75) is 6.42 Å². The van der Waals surface area contributed by atoms with Gasteiger partial charge in [-0.05, 0) is 0 Å². The molecule has 0 saturated carbocycles. The molecule has 0 spiro atoms. The lowest BCUT2D eigenvalue weighted by Crippen LogP contribution is -1.99. The largest absolute Gasteiger partial charge is 0.467 e. The summed E-state index contributed by atoms with van der Waals surface area (Å²) in [7, 11) is 0.